The summed E-state index contributed by atoms with van der Waals surface area (Å²) in [6.45, 7) is 0.339. The summed E-state index contributed by atoms with van der Waals surface area (Å²) in [7, 11) is 0. The van der Waals surface area contributed by atoms with Gasteiger partial charge in [0.15, 0.2) is 5.78 Å². The molecular formula is C15H13ClN2O3. The fourth-order valence-corrected chi connectivity index (χ4v) is 2.47. The van der Waals surface area contributed by atoms with Gasteiger partial charge in [-0.05, 0) is 31.0 Å². The number of ketones is 1. The average molecular weight is 305 g/mol. The topological polar surface area (TPSA) is 65.1 Å². The van der Waals surface area contributed by atoms with E-state index >= 15 is 0 Å². The highest BCUT2D eigenvalue weighted by atomic mass is 35.5. The van der Waals surface area contributed by atoms with Crippen molar-refractivity contribution in [2.75, 3.05) is 0 Å². The van der Waals surface area contributed by atoms with Crippen LogP contribution >= 0.6 is 11.6 Å². The third-order valence-corrected chi connectivity index (χ3v) is 3.82. The second-order valence-corrected chi connectivity index (χ2v) is 5.68. The van der Waals surface area contributed by atoms with Crippen LogP contribution in [0, 0.1) is 16.0 Å². The summed E-state index contributed by atoms with van der Waals surface area (Å²) in [4.78, 5) is 22.6. The summed E-state index contributed by atoms with van der Waals surface area (Å²) in [5, 5.41) is 11.4. The lowest BCUT2D eigenvalue weighted by molar-refractivity contribution is -0.385. The number of Topliss-reactive ketones (excluding diaryl/α,β-unsaturated/α-hetero) is 1. The Balaban J connectivity index is 1.83. The van der Waals surface area contributed by atoms with E-state index in [0.717, 1.165) is 12.8 Å². The SMILES string of the molecule is O=C(c1ccn(Cc2ccc(Cl)cc2[N+](=O)[O-])c1)C1CC1. The molecule has 1 aromatic carbocycles. The molecule has 1 aliphatic carbocycles. The van der Waals surface area contributed by atoms with Crippen molar-refractivity contribution in [3.05, 3.63) is 62.9 Å². The molecule has 21 heavy (non-hydrogen) atoms. The molecule has 1 aliphatic rings. The van der Waals surface area contributed by atoms with Crippen LogP contribution in [0.3, 0.4) is 0 Å². The summed E-state index contributed by atoms with van der Waals surface area (Å²) in [6.07, 6.45) is 5.45. The number of hydrogen-bond acceptors (Lipinski definition) is 3. The number of halogens is 1. The monoisotopic (exact) mass is 304 g/mol. The van der Waals surface area contributed by atoms with Gasteiger partial charge in [0.2, 0.25) is 0 Å². The maximum absolute atomic E-state index is 12.0. The summed E-state index contributed by atoms with van der Waals surface area (Å²) < 4.78 is 1.78. The first-order chi connectivity index (χ1) is 10.0. The van der Waals surface area contributed by atoms with Crippen molar-refractivity contribution in [1.82, 2.24) is 4.57 Å². The van der Waals surface area contributed by atoms with Gasteiger partial charge in [-0.3, -0.25) is 14.9 Å². The van der Waals surface area contributed by atoms with E-state index in [1.807, 2.05) is 0 Å². The largest absolute Gasteiger partial charge is 0.349 e. The van der Waals surface area contributed by atoms with Crippen LogP contribution in [-0.4, -0.2) is 15.3 Å². The van der Waals surface area contributed by atoms with Crippen molar-refractivity contribution in [3.63, 3.8) is 0 Å². The highest BCUT2D eigenvalue weighted by molar-refractivity contribution is 6.30. The van der Waals surface area contributed by atoms with Gasteiger partial charge < -0.3 is 4.57 Å². The molecule has 1 aromatic heterocycles. The molecule has 6 heteroatoms. The fourth-order valence-electron chi connectivity index (χ4n) is 2.30. The molecular weight excluding hydrogens is 292 g/mol. The van der Waals surface area contributed by atoms with Crippen LogP contribution in [0.25, 0.3) is 0 Å². The number of carbonyl (C=O) groups excluding carboxylic acids is 1. The summed E-state index contributed by atoms with van der Waals surface area (Å²) in [5.74, 6) is 0.338. The zero-order valence-electron chi connectivity index (χ0n) is 11.2. The van der Waals surface area contributed by atoms with E-state index < -0.39 is 4.92 Å². The third-order valence-electron chi connectivity index (χ3n) is 3.58. The Hall–Kier alpha value is -2.14. The molecule has 5 nitrogen and oxygen atoms in total. The first kappa shape index (κ1) is 13.8. The van der Waals surface area contributed by atoms with Gasteiger partial charge >= 0.3 is 0 Å². The second kappa shape index (κ2) is 5.33. The fraction of sp³-hybridized carbons (Fsp3) is 0.267. The maximum atomic E-state index is 12.0. The van der Waals surface area contributed by atoms with Crippen molar-refractivity contribution in [3.8, 4) is 0 Å². The van der Waals surface area contributed by atoms with E-state index in [9.17, 15) is 14.9 Å². The molecule has 0 unspecified atom stereocenters. The molecule has 0 atom stereocenters. The Kier molecular flexibility index (Phi) is 3.51. The number of nitrogens with zero attached hydrogens (tertiary/aromatic N) is 2. The van der Waals surface area contributed by atoms with Gasteiger partial charge in [0.25, 0.3) is 5.69 Å². The van der Waals surface area contributed by atoms with Crippen LogP contribution in [0.1, 0.15) is 28.8 Å². The molecule has 2 aromatic rings. The van der Waals surface area contributed by atoms with Crippen LogP contribution in [0.5, 0.6) is 0 Å². The van der Waals surface area contributed by atoms with Crippen molar-refractivity contribution in [2.24, 2.45) is 5.92 Å². The third kappa shape index (κ3) is 2.97. The highest BCUT2D eigenvalue weighted by Gasteiger charge is 2.30. The molecule has 0 N–H and O–H groups in total. The standard InChI is InChI=1S/C15H13ClN2O3/c16-13-4-3-11(14(7-13)18(20)21)8-17-6-5-12(9-17)15(19)10-1-2-10/h3-7,9-10H,1-2,8H2. The van der Waals surface area contributed by atoms with Crippen LogP contribution in [0.4, 0.5) is 5.69 Å². The van der Waals surface area contributed by atoms with E-state index in [1.165, 1.54) is 6.07 Å². The first-order valence-corrected chi connectivity index (χ1v) is 7.05. The number of nitro groups is 1. The number of nitro benzene ring substituents is 1. The molecule has 0 saturated heterocycles. The zero-order valence-corrected chi connectivity index (χ0v) is 11.9. The van der Waals surface area contributed by atoms with Gasteiger partial charge in [0.05, 0.1) is 11.5 Å². The van der Waals surface area contributed by atoms with Crippen LogP contribution in [-0.2, 0) is 6.54 Å². The lowest BCUT2D eigenvalue weighted by Gasteiger charge is -2.05. The zero-order chi connectivity index (χ0) is 15.0. The summed E-state index contributed by atoms with van der Waals surface area (Å²) in [6, 6.07) is 6.38. The van der Waals surface area contributed by atoms with Crippen LogP contribution in [0.2, 0.25) is 5.02 Å². The van der Waals surface area contributed by atoms with E-state index in [-0.39, 0.29) is 17.4 Å². The lowest BCUT2D eigenvalue weighted by atomic mass is 10.1. The molecule has 1 fully saturated rings. The van der Waals surface area contributed by atoms with E-state index in [1.54, 1.807) is 35.2 Å². The number of carbonyl (C=O) groups is 1. The predicted octanol–water partition coefficient (Wildman–Crippen LogP) is 3.69. The Morgan fingerprint density at radius 1 is 1.38 bits per heavy atom. The number of rotatable bonds is 5. The molecule has 3 rings (SSSR count). The van der Waals surface area contributed by atoms with Crippen molar-refractivity contribution >= 4 is 23.1 Å². The minimum Gasteiger partial charge on any atom is -0.349 e. The Morgan fingerprint density at radius 2 is 2.14 bits per heavy atom. The maximum Gasteiger partial charge on any atom is 0.275 e. The minimum atomic E-state index is -0.443. The van der Waals surface area contributed by atoms with Crippen LogP contribution < -0.4 is 0 Å². The first-order valence-electron chi connectivity index (χ1n) is 6.67. The van der Waals surface area contributed by atoms with Crippen molar-refractivity contribution in [1.29, 1.82) is 0 Å². The number of benzene rings is 1. The Morgan fingerprint density at radius 3 is 2.81 bits per heavy atom. The predicted molar refractivity (Wildman–Crippen MR) is 78.7 cm³/mol. The molecule has 1 heterocycles. The van der Waals surface area contributed by atoms with Crippen molar-refractivity contribution < 1.29 is 9.72 Å². The Bertz CT molecular complexity index is 719. The molecule has 0 aliphatic heterocycles. The average Bonchev–Trinajstić information content (AvgIpc) is 3.20. The molecule has 0 spiro atoms. The van der Waals surface area contributed by atoms with Crippen LogP contribution in [0.15, 0.2) is 36.7 Å². The number of hydrogen-bond donors (Lipinski definition) is 0. The van der Waals surface area contributed by atoms with E-state index in [0.29, 0.717) is 22.7 Å². The second-order valence-electron chi connectivity index (χ2n) is 5.24. The van der Waals surface area contributed by atoms with Gasteiger partial charge in [0, 0.05) is 40.5 Å². The van der Waals surface area contributed by atoms with Gasteiger partial charge in [0.1, 0.15) is 0 Å². The summed E-state index contributed by atoms with van der Waals surface area (Å²) in [5.41, 5.74) is 1.23. The van der Waals surface area contributed by atoms with Gasteiger partial charge in [-0.15, -0.1) is 0 Å². The quantitative estimate of drug-likeness (QED) is 0.480. The van der Waals surface area contributed by atoms with E-state index in [2.05, 4.69) is 0 Å². The summed E-state index contributed by atoms with van der Waals surface area (Å²) >= 11 is 5.80. The highest BCUT2D eigenvalue weighted by Crippen LogP contribution is 2.32. The van der Waals surface area contributed by atoms with Gasteiger partial charge in [-0.2, -0.15) is 0 Å². The smallest absolute Gasteiger partial charge is 0.275 e. The lowest BCUT2D eigenvalue weighted by Crippen LogP contribution is -2.03. The minimum absolute atomic E-state index is 0.00808. The normalized spacial score (nSPS) is 14.1. The Labute approximate surface area is 126 Å². The van der Waals surface area contributed by atoms with Gasteiger partial charge in [-0.1, -0.05) is 11.6 Å². The van der Waals surface area contributed by atoms with E-state index in [4.69, 9.17) is 11.6 Å². The molecule has 0 radical (unpaired) electrons. The molecule has 1 saturated carbocycles. The molecule has 0 amide bonds. The molecule has 0 bridgehead atoms. The van der Waals surface area contributed by atoms with Gasteiger partial charge in [-0.25, -0.2) is 0 Å². The molecule has 108 valence electrons. The van der Waals surface area contributed by atoms with Crippen molar-refractivity contribution in [2.45, 2.75) is 19.4 Å². The number of aromatic nitrogens is 1.